The number of ether oxygens (including phenoxy) is 1. The minimum absolute atomic E-state index is 0.00816. The van der Waals surface area contributed by atoms with Gasteiger partial charge >= 0.3 is 0 Å². The number of rotatable bonds is 3. The standard InChI is InChI=1S/C18H17N3O4/c1-24-16-10-25-15(9-14(16)22)18(23)21-8-4-7-13(21)17-19-11-5-2-3-6-12(11)20-17/h2-3,5-6,9-10,13H,4,7-8H2,1H3,(H,19,20)/t13-/m0/s1. The molecule has 2 aromatic heterocycles. The molecule has 1 amide bonds. The van der Waals surface area contributed by atoms with Crippen molar-refractivity contribution in [3.05, 3.63) is 58.4 Å². The van der Waals surface area contributed by atoms with Crippen LogP contribution in [0.5, 0.6) is 5.75 Å². The van der Waals surface area contributed by atoms with Gasteiger partial charge in [0.2, 0.25) is 11.2 Å². The van der Waals surface area contributed by atoms with E-state index in [4.69, 9.17) is 9.15 Å². The van der Waals surface area contributed by atoms with Crippen LogP contribution in [0.25, 0.3) is 11.0 Å². The highest BCUT2D eigenvalue weighted by Crippen LogP contribution is 2.32. The second kappa shape index (κ2) is 6.08. The maximum absolute atomic E-state index is 12.8. The van der Waals surface area contributed by atoms with Gasteiger partial charge in [-0.15, -0.1) is 0 Å². The number of H-pyrrole nitrogens is 1. The number of carbonyl (C=O) groups excluding carboxylic acids is 1. The molecule has 1 fully saturated rings. The van der Waals surface area contributed by atoms with E-state index in [2.05, 4.69) is 9.97 Å². The van der Waals surface area contributed by atoms with Crippen LogP contribution in [0.4, 0.5) is 0 Å². The quantitative estimate of drug-likeness (QED) is 0.792. The van der Waals surface area contributed by atoms with E-state index in [0.29, 0.717) is 6.54 Å². The summed E-state index contributed by atoms with van der Waals surface area (Å²) in [5.74, 6) is 0.520. The highest BCUT2D eigenvalue weighted by molar-refractivity contribution is 5.92. The summed E-state index contributed by atoms with van der Waals surface area (Å²) in [4.78, 5) is 34.3. The largest absolute Gasteiger partial charge is 0.490 e. The summed E-state index contributed by atoms with van der Waals surface area (Å²) < 4.78 is 10.2. The van der Waals surface area contributed by atoms with Gasteiger partial charge in [-0.2, -0.15) is 0 Å². The number of fused-ring (bicyclic) bond motifs is 1. The Balaban J connectivity index is 1.65. The molecular weight excluding hydrogens is 322 g/mol. The Kier molecular flexibility index (Phi) is 3.76. The Morgan fingerprint density at radius 3 is 3.00 bits per heavy atom. The number of nitrogens with one attached hydrogen (secondary N) is 1. The molecule has 128 valence electrons. The summed E-state index contributed by atoms with van der Waals surface area (Å²) in [6.07, 6.45) is 2.85. The SMILES string of the molecule is COc1coc(C(=O)N2CCC[C@H]2c2nc3ccccc3[nH]2)cc1=O. The number of nitrogens with zero attached hydrogens (tertiary/aromatic N) is 2. The normalized spacial score (nSPS) is 17.2. The van der Waals surface area contributed by atoms with Gasteiger partial charge < -0.3 is 19.0 Å². The van der Waals surface area contributed by atoms with Crippen LogP contribution < -0.4 is 10.2 Å². The van der Waals surface area contributed by atoms with E-state index in [1.165, 1.54) is 19.4 Å². The predicted molar refractivity (Wildman–Crippen MR) is 90.6 cm³/mol. The highest BCUT2D eigenvalue weighted by Gasteiger charge is 2.34. The number of likely N-dealkylation sites (tertiary alicyclic amines) is 1. The summed E-state index contributed by atoms with van der Waals surface area (Å²) >= 11 is 0. The second-order valence-corrected chi connectivity index (χ2v) is 5.97. The molecule has 0 aliphatic carbocycles. The van der Waals surface area contributed by atoms with Crippen LogP contribution in [-0.2, 0) is 0 Å². The van der Waals surface area contributed by atoms with E-state index in [0.717, 1.165) is 29.7 Å². The van der Waals surface area contributed by atoms with E-state index in [1.807, 2.05) is 24.3 Å². The van der Waals surface area contributed by atoms with Crippen LogP contribution in [0, 0.1) is 0 Å². The molecule has 7 heteroatoms. The molecule has 1 saturated heterocycles. The maximum atomic E-state index is 12.8. The smallest absolute Gasteiger partial charge is 0.290 e. The van der Waals surface area contributed by atoms with Crippen molar-refractivity contribution in [2.45, 2.75) is 18.9 Å². The zero-order valence-corrected chi connectivity index (χ0v) is 13.7. The number of imidazole rings is 1. The predicted octanol–water partition coefficient (Wildman–Crippen LogP) is 2.50. The summed E-state index contributed by atoms with van der Waals surface area (Å²) in [7, 11) is 1.38. The van der Waals surface area contributed by atoms with Gasteiger partial charge in [0.1, 0.15) is 12.1 Å². The number of benzene rings is 1. The highest BCUT2D eigenvalue weighted by atomic mass is 16.5. The molecule has 0 radical (unpaired) electrons. The van der Waals surface area contributed by atoms with Crippen molar-refractivity contribution in [2.75, 3.05) is 13.7 Å². The average Bonchev–Trinajstić information content (AvgIpc) is 3.27. The molecule has 3 heterocycles. The summed E-state index contributed by atoms with van der Waals surface area (Å²) in [5, 5.41) is 0. The molecule has 0 spiro atoms. The van der Waals surface area contributed by atoms with Crippen molar-refractivity contribution >= 4 is 16.9 Å². The van der Waals surface area contributed by atoms with Gasteiger partial charge in [0, 0.05) is 12.6 Å². The third-order valence-corrected chi connectivity index (χ3v) is 4.47. The van der Waals surface area contributed by atoms with Gasteiger partial charge in [0.25, 0.3) is 5.91 Å². The molecule has 1 atom stereocenters. The molecule has 0 bridgehead atoms. The molecule has 1 aliphatic rings. The lowest BCUT2D eigenvalue weighted by atomic mass is 10.2. The van der Waals surface area contributed by atoms with Crippen LogP contribution in [0.3, 0.4) is 0 Å². The van der Waals surface area contributed by atoms with Gasteiger partial charge in [-0.05, 0) is 25.0 Å². The molecule has 7 nitrogen and oxygen atoms in total. The second-order valence-electron chi connectivity index (χ2n) is 5.97. The van der Waals surface area contributed by atoms with Crippen LogP contribution in [-0.4, -0.2) is 34.4 Å². The Labute approximate surface area is 143 Å². The number of aromatic amines is 1. The first-order valence-corrected chi connectivity index (χ1v) is 8.10. The lowest BCUT2D eigenvalue weighted by molar-refractivity contribution is 0.0694. The number of carbonyl (C=O) groups is 1. The number of amides is 1. The van der Waals surface area contributed by atoms with Crippen LogP contribution >= 0.6 is 0 Å². The number of para-hydroxylation sites is 2. The van der Waals surface area contributed by atoms with Crippen LogP contribution in [0.1, 0.15) is 35.3 Å². The molecule has 0 saturated carbocycles. The van der Waals surface area contributed by atoms with Crippen LogP contribution in [0.15, 0.2) is 45.8 Å². The minimum atomic E-state index is -0.378. The number of aromatic nitrogens is 2. The summed E-state index contributed by atoms with van der Waals surface area (Å²) in [5.41, 5.74) is 1.43. The monoisotopic (exact) mass is 339 g/mol. The van der Waals surface area contributed by atoms with Gasteiger partial charge in [0.05, 0.1) is 24.2 Å². The molecule has 3 aromatic rings. The van der Waals surface area contributed by atoms with E-state index in [-0.39, 0.29) is 28.9 Å². The number of hydrogen-bond acceptors (Lipinski definition) is 5. The Morgan fingerprint density at radius 1 is 1.40 bits per heavy atom. The summed E-state index contributed by atoms with van der Waals surface area (Å²) in [6, 6.07) is 8.76. The molecule has 1 aliphatic heterocycles. The van der Waals surface area contributed by atoms with E-state index >= 15 is 0 Å². The van der Waals surface area contributed by atoms with Crippen molar-refractivity contribution in [1.29, 1.82) is 0 Å². The lowest BCUT2D eigenvalue weighted by Crippen LogP contribution is -2.31. The van der Waals surface area contributed by atoms with Crippen molar-refractivity contribution in [1.82, 2.24) is 14.9 Å². The van der Waals surface area contributed by atoms with Crippen molar-refractivity contribution in [2.24, 2.45) is 0 Å². The molecule has 4 rings (SSSR count). The zero-order valence-electron chi connectivity index (χ0n) is 13.7. The van der Waals surface area contributed by atoms with Gasteiger partial charge in [-0.1, -0.05) is 12.1 Å². The fraction of sp³-hybridized carbons (Fsp3) is 0.278. The Hall–Kier alpha value is -3.09. The van der Waals surface area contributed by atoms with Crippen molar-refractivity contribution in [3.63, 3.8) is 0 Å². The molecule has 1 aromatic carbocycles. The summed E-state index contributed by atoms with van der Waals surface area (Å²) in [6.45, 7) is 0.594. The van der Waals surface area contributed by atoms with Crippen molar-refractivity contribution in [3.8, 4) is 5.75 Å². The fourth-order valence-electron chi connectivity index (χ4n) is 3.23. The Morgan fingerprint density at radius 2 is 2.24 bits per heavy atom. The van der Waals surface area contributed by atoms with E-state index < -0.39 is 0 Å². The number of methoxy groups -OCH3 is 1. The maximum Gasteiger partial charge on any atom is 0.290 e. The first-order chi connectivity index (χ1) is 12.2. The van der Waals surface area contributed by atoms with Gasteiger partial charge in [-0.3, -0.25) is 9.59 Å². The van der Waals surface area contributed by atoms with Gasteiger partial charge in [0.15, 0.2) is 5.76 Å². The van der Waals surface area contributed by atoms with E-state index in [1.54, 1.807) is 4.90 Å². The minimum Gasteiger partial charge on any atom is -0.490 e. The zero-order chi connectivity index (χ0) is 17.4. The third-order valence-electron chi connectivity index (χ3n) is 4.47. The molecule has 1 N–H and O–H groups in total. The first-order valence-electron chi connectivity index (χ1n) is 8.10. The number of hydrogen-bond donors (Lipinski definition) is 1. The first kappa shape index (κ1) is 15.4. The van der Waals surface area contributed by atoms with Crippen LogP contribution in [0.2, 0.25) is 0 Å². The average molecular weight is 339 g/mol. The third kappa shape index (κ3) is 2.67. The van der Waals surface area contributed by atoms with Gasteiger partial charge in [-0.25, -0.2) is 4.98 Å². The fourth-order valence-corrected chi connectivity index (χ4v) is 3.23. The van der Waals surface area contributed by atoms with E-state index in [9.17, 15) is 9.59 Å². The lowest BCUT2D eigenvalue weighted by Gasteiger charge is -2.22. The molecular formula is C18H17N3O4. The van der Waals surface area contributed by atoms with Crippen molar-refractivity contribution < 1.29 is 13.9 Å². The molecule has 0 unspecified atom stereocenters. The Bertz CT molecular complexity index is 958. The molecule has 25 heavy (non-hydrogen) atoms. The topological polar surface area (TPSA) is 88.4 Å².